The lowest BCUT2D eigenvalue weighted by Gasteiger charge is -2.29. The molecule has 25 heavy (non-hydrogen) atoms. The van der Waals surface area contributed by atoms with Crippen molar-refractivity contribution in [2.24, 2.45) is 7.05 Å². The SMILES string of the molecule is CCOC(=O)[C@@]1(NC(=O)CCc2cnn(C)c2)CCc2ccccc21. The minimum atomic E-state index is -1.07. The number of hydrogen-bond donors (Lipinski definition) is 1. The van der Waals surface area contributed by atoms with Crippen LogP contribution in [0.1, 0.15) is 36.5 Å². The highest BCUT2D eigenvalue weighted by Gasteiger charge is 2.47. The lowest BCUT2D eigenvalue weighted by Crippen LogP contribution is -2.51. The van der Waals surface area contributed by atoms with Crippen molar-refractivity contribution in [3.8, 4) is 0 Å². The van der Waals surface area contributed by atoms with Crippen LogP contribution in [-0.2, 0) is 39.8 Å². The van der Waals surface area contributed by atoms with Crippen LogP contribution in [0, 0.1) is 0 Å². The van der Waals surface area contributed by atoms with Gasteiger partial charge in [0, 0.05) is 19.7 Å². The van der Waals surface area contributed by atoms with Crippen molar-refractivity contribution in [2.75, 3.05) is 6.61 Å². The molecule has 0 unspecified atom stereocenters. The summed E-state index contributed by atoms with van der Waals surface area (Å²) in [6.07, 6.45) is 5.80. The van der Waals surface area contributed by atoms with Gasteiger partial charge >= 0.3 is 5.97 Å². The Bertz CT molecular complexity index is 784. The molecule has 1 aliphatic rings. The van der Waals surface area contributed by atoms with Crippen LogP contribution in [0.5, 0.6) is 0 Å². The number of esters is 1. The molecule has 132 valence electrons. The molecular weight excluding hydrogens is 318 g/mol. The molecule has 0 spiro atoms. The predicted octanol–water partition coefficient (Wildman–Crippen LogP) is 1.87. The summed E-state index contributed by atoms with van der Waals surface area (Å²) >= 11 is 0. The highest BCUT2D eigenvalue weighted by molar-refractivity contribution is 5.90. The van der Waals surface area contributed by atoms with Gasteiger partial charge in [0.1, 0.15) is 0 Å². The van der Waals surface area contributed by atoms with E-state index in [0.717, 1.165) is 23.1 Å². The van der Waals surface area contributed by atoms with E-state index in [4.69, 9.17) is 4.74 Å². The highest BCUT2D eigenvalue weighted by atomic mass is 16.5. The second kappa shape index (κ2) is 7.09. The predicted molar refractivity (Wildman–Crippen MR) is 92.7 cm³/mol. The van der Waals surface area contributed by atoms with Crippen LogP contribution in [0.3, 0.4) is 0 Å². The zero-order chi connectivity index (χ0) is 17.9. The second-order valence-corrected chi connectivity index (χ2v) is 6.35. The van der Waals surface area contributed by atoms with E-state index < -0.39 is 5.54 Å². The van der Waals surface area contributed by atoms with Gasteiger partial charge in [-0.3, -0.25) is 9.48 Å². The van der Waals surface area contributed by atoms with Gasteiger partial charge in [0.2, 0.25) is 5.91 Å². The summed E-state index contributed by atoms with van der Waals surface area (Å²) in [6, 6.07) is 7.74. The number of nitrogens with one attached hydrogen (secondary N) is 1. The van der Waals surface area contributed by atoms with E-state index in [1.54, 1.807) is 17.8 Å². The number of aryl methyl sites for hydroxylation is 3. The number of fused-ring (bicyclic) bond motifs is 1. The van der Waals surface area contributed by atoms with Crippen LogP contribution in [-0.4, -0.2) is 28.3 Å². The Morgan fingerprint density at radius 2 is 2.16 bits per heavy atom. The summed E-state index contributed by atoms with van der Waals surface area (Å²) in [5.41, 5.74) is 1.86. The molecule has 0 radical (unpaired) electrons. The molecule has 3 rings (SSSR count). The molecule has 0 fully saturated rings. The molecule has 2 aromatic rings. The summed E-state index contributed by atoms with van der Waals surface area (Å²) in [6.45, 7) is 2.06. The number of hydrogen-bond acceptors (Lipinski definition) is 4. The Morgan fingerprint density at radius 3 is 2.88 bits per heavy atom. The molecule has 1 aliphatic carbocycles. The number of amides is 1. The van der Waals surface area contributed by atoms with Crippen LogP contribution < -0.4 is 5.32 Å². The molecule has 1 heterocycles. The average molecular weight is 341 g/mol. The van der Waals surface area contributed by atoms with Gasteiger partial charge in [0.25, 0.3) is 0 Å². The van der Waals surface area contributed by atoms with Crippen molar-refractivity contribution in [3.05, 3.63) is 53.3 Å². The van der Waals surface area contributed by atoms with E-state index in [2.05, 4.69) is 10.4 Å². The maximum Gasteiger partial charge on any atom is 0.336 e. The van der Waals surface area contributed by atoms with Crippen molar-refractivity contribution < 1.29 is 14.3 Å². The lowest BCUT2D eigenvalue weighted by atomic mass is 9.91. The molecule has 1 amide bonds. The summed E-state index contributed by atoms with van der Waals surface area (Å²) in [5.74, 6) is -0.539. The molecular formula is C19H23N3O3. The van der Waals surface area contributed by atoms with Gasteiger partial charge in [-0.25, -0.2) is 4.79 Å². The quantitative estimate of drug-likeness (QED) is 0.814. The summed E-state index contributed by atoms with van der Waals surface area (Å²) in [4.78, 5) is 25.2. The van der Waals surface area contributed by atoms with E-state index >= 15 is 0 Å². The monoisotopic (exact) mass is 341 g/mol. The smallest absolute Gasteiger partial charge is 0.336 e. The molecule has 6 heteroatoms. The topological polar surface area (TPSA) is 73.2 Å². The van der Waals surface area contributed by atoms with Crippen LogP contribution in [0.2, 0.25) is 0 Å². The zero-order valence-electron chi connectivity index (χ0n) is 14.6. The average Bonchev–Trinajstić information content (AvgIpc) is 3.18. The Morgan fingerprint density at radius 1 is 1.36 bits per heavy atom. The van der Waals surface area contributed by atoms with Crippen LogP contribution >= 0.6 is 0 Å². The van der Waals surface area contributed by atoms with Crippen LogP contribution in [0.4, 0.5) is 0 Å². The third-order valence-electron chi connectivity index (χ3n) is 4.62. The standard InChI is InChI=1S/C19H23N3O3/c1-3-25-18(24)19(11-10-15-6-4-5-7-16(15)19)21-17(23)9-8-14-12-20-22(2)13-14/h4-7,12-13H,3,8-11H2,1-2H3,(H,21,23)/t19-/m1/s1. The summed E-state index contributed by atoms with van der Waals surface area (Å²) in [7, 11) is 1.84. The van der Waals surface area contributed by atoms with Crippen molar-refractivity contribution in [3.63, 3.8) is 0 Å². The Balaban J connectivity index is 1.77. The molecule has 6 nitrogen and oxygen atoms in total. The number of aromatic nitrogens is 2. The van der Waals surface area contributed by atoms with E-state index in [0.29, 0.717) is 19.3 Å². The summed E-state index contributed by atoms with van der Waals surface area (Å²) in [5, 5.41) is 7.07. The first kappa shape index (κ1) is 17.2. The molecule has 0 aliphatic heterocycles. The lowest BCUT2D eigenvalue weighted by molar-refractivity contribution is -0.154. The Kier molecular flexibility index (Phi) is 4.88. The second-order valence-electron chi connectivity index (χ2n) is 6.35. The Hall–Kier alpha value is -2.63. The first-order valence-electron chi connectivity index (χ1n) is 8.59. The molecule has 0 bridgehead atoms. The molecule has 0 saturated heterocycles. The Labute approximate surface area is 147 Å². The largest absolute Gasteiger partial charge is 0.464 e. The maximum atomic E-state index is 12.7. The normalized spacial score (nSPS) is 18.6. The fraction of sp³-hybridized carbons (Fsp3) is 0.421. The van der Waals surface area contributed by atoms with Gasteiger partial charge in [-0.2, -0.15) is 5.10 Å². The van der Waals surface area contributed by atoms with Gasteiger partial charge in [0.05, 0.1) is 12.8 Å². The highest BCUT2D eigenvalue weighted by Crippen LogP contribution is 2.38. The van der Waals surface area contributed by atoms with Gasteiger partial charge in [-0.05, 0) is 42.9 Å². The van der Waals surface area contributed by atoms with Crippen LogP contribution in [0.25, 0.3) is 0 Å². The number of carbonyl (C=O) groups excluding carboxylic acids is 2. The van der Waals surface area contributed by atoms with Gasteiger partial charge < -0.3 is 10.1 Å². The molecule has 1 aromatic carbocycles. The molecule has 0 saturated carbocycles. The minimum absolute atomic E-state index is 0.159. The van der Waals surface area contributed by atoms with Crippen molar-refractivity contribution in [1.29, 1.82) is 0 Å². The minimum Gasteiger partial charge on any atom is -0.464 e. The fourth-order valence-electron chi connectivity index (χ4n) is 3.42. The van der Waals surface area contributed by atoms with Crippen molar-refractivity contribution >= 4 is 11.9 Å². The van der Waals surface area contributed by atoms with Crippen molar-refractivity contribution in [1.82, 2.24) is 15.1 Å². The third kappa shape index (κ3) is 3.43. The first-order valence-corrected chi connectivity index (χ1v) is 8.59. The number of rotatable bonds is 6. The third-order valence-corrected chi connectivity index (χ3v) is 4.62. The van der Waals surface area contributed by atoms with E-state index in [1.807, 2.05) is 37.5 Å². The van der Waals surface area contributed by atoms with Gasteiger partial charge in [-0.15, -0.1) is 0 Å². The van der Waals surface area contributed by atoms with E-state index in [9.17, 15) is 9.59 Å². The maximum absolute atomic E-state index is 12.7. The molecule has 1 atom stereocenters. The van der Waals surface area contributed by atoms with E-state index in [1.165, 1.54) is 0 Å². The van der Waals surface area contributed by atoms with E-state index in [-0.39, 0.29) is 18.5 Å². The first-order chi connectivity index (χ1) is 12.0. The number of carbonyl (C=O) groups is 2. The number of benzene rings is 1. The zero-order valence-corrected chi connectivity index (χ0v) is 14.6. The van der Waals surface area contributed by atoms with Gasteiger partial charge in [0.15, 0.2) is 5.54 Å². The van der Waals surface area contributed by atoms with Crippen LogP contribution in [0.15, 0.2) is 36.7 Å². The van der Waals surface area contributed by atoms with Crippen molar-refractivity contribution in [2.45, 2.75) is 38.1 Å². The summed E-state index contributed by atoms with van der Waals surface area (Å²) < 4.78 is 6.99. The molecule has 1 N–H and O–H groups in total. The number of nitrogens with zero attached hydrogens (tertiary/aromatic N) is 2. The number of ether oxygens (including phenoxy) is 1. The fourth-order valence-corrected chi connectivity index (χ4v) is 3.42. The van der Waals surface area contributed by atoms with Gasteiger partial charge in [-0.1, -0.05) is 24.3 Å². The molecule has 1 aromatic heterocycles.